The average molecular weight is 227 g/mol. The Morgan fingerprint density at radius 1 is 1.38 bits per heavy atom. The number of hydrogen-bond donors (Lipinski definition) is 2. The van der Waals surface area contributed by atoms with Crippen LogP contribution in [0.25, 0.3) is 0 Å². The maximum Gasteiger partial charge on any atom is 0.233 e. The van der Waals surface area contributed by atoms with Crippen molar-refractivity contribution in [2.24, 2.45) is 0 Å². The third-order valence-corrected chi connectivity index (χ3v) is 3.20. The number of amides is 1. The fourth-order valence-corrected chi connectivity index (χ4v) is 2.06. The zero-order chi connectivity index (χ0) is 11.8. The molecule has 0 bridgehead atoms. The highest BCUT2D eigenvalue weighted by molar-refractivity contribution is 5.77. The minimum Gasteiger partial charge on any atom is -0.358 e. The van der Waals surface area contributed by atoms with Crippen molar-refractivity contribution in [1.82, 2.24) is 15.5 Å². The molecule has 2 N–H and O–H groups in total. The number of piperidine rings is 1. The highest BCUT2D eigenvalue weighted by Crippen LogP contribution is 2.09. The summed E-state index contributed by atoms with van der Waals surface area (Å²) in [4.78, 5) is 13.4. The lowest BCUT2D eigenvalue weighted by atomic mass is 10.0. The van der Waals surface area contributed by atoms with Crippen molar-refractivity contribution in [3.05, 3.63) is 0 Å². The average Bonchev–Trinajstić information content (AvgIpc) is 2.31. The number of nitrogens with zero attached hydrogens (tertiary/aromatic N) is 1. The van der Waals surface area contributed by atoms with Crippen molar-refractivity contribution in [1.29, 1.82) is 0 Å². The molecule has 0 atom stereocenters. The molecule has 1 saturated heterocycles. The van der Waals surface area contributed by atoms with Crippen LogP contribution < -0.4 is 10.6 Å². The van der Waals surface area contributed by atoms with Crippen LogP contribution in [0.2, 0.25) is 0 Å². The first-order valence-corrected chi connectivity index (χ1v) is 6.42. The molecule has 0 aliphatic carbocycles. The topological polar surface area (TPSA) is 44.4 Å². The zero-order valence-electron chi connectivity index (χ0n) is 10.6. The lowest BCUT2D eigenvalue weighted by Gasteiger charge is -2.31. The SMILES string of the molecule is CCCCNC1CCN(CC(=O)NC)CC1. The largest absolute Gasteiger partial charge is 0.358 e. The van der Waals surface area contributed by atoms with E-state index in [4.69, 9.17) is 0 Å². The Morgan fingerprint density at radius 3 is 2.62 bits per heavy atom. The molecule has 0 saturated carbocycles. The van der Waals surface area contributed by atoms with Crippen molar-refractivity contribution < 1.29 is 4.79 Å². The van der Waals surface area contributed by atoms with Crippen molar-refractivity contribution in [3.63, 3.8) is 0 Å². The highest BCUT2D eigenvalue weighted by Gasteiger charge is 2.19. The fourth-order valence-electron chi connectivity index (χ4n) is 2.06. The molecule has 1 rings (SSSR count). The van der Waals surface area contributed by atoms with E-state index >= 15 is 0 Å². The molecule has 0 radical (unpaired) electrons. The van der Waals surface area contributed by atoms with Gasteiger partial charge in [0.1, 0.15) is 0 Å². The Balaban J connectivity index is 2.11. The first-order chi connectivity index (χ1) is 7.76. The van der Waals surface area contributed by atoms with Gasteiger partial charge in [-0.05, 0) is 25.8 Å². The van der Waals surface area contributed by atoms with E-state index in [-0.39, 0.29) is 5.91 Å². The van der Waals surface area contributed by atoms with Crippen molar-refractivity contribution in [3.8, 4) is 0 Å². The van der Waals surface area contributed by atoms with Gasteiger partial charge in [-0.3, -0.25) is 9.69 Å². The molecule has 0 aromatic heterocycles. The van der Waals surface area contributed by atoms with E-state index in [1.807, 2.05) is 0 Å². The molecule has 1 heterocycles. The van der Waals surface area contributed by atoms with Gasteiger partial charge in [-0.1, -0.05) is 13.3 Å². The van der Waals surface area contributed by atoms with Crippen LogP contribution in [0.4, 0.5) is 0 Å². The number of nitrogens with one attached hydrogen (secondary N) is 2. The molecule has 4 heteroatoms. The number of carbonyl (C=O) groups is 1. The van der Waals surface area contributed by atoms with Crippen LogP contribution in [0.1, 0.15) is 32.6 Å². The van der Waals surface area contributed by atoms with Crippen LogP contribution in [0.3, 0.4) is 0 Å². The summed E-state index contributed by atoms with van der Waals surface area (Å²) in [6.07, 6.45) is 4.85. The fraction of sp³-hybridized carbons (Fsp3) is 0.917. The van der Waals surface area contributed by atoms with Crippen LogP contribution in [-0.2, 0) is 4.79 Å². The number of carbonyl (C=O) groups excluding carboxylic acids is 1. The Hall–Kier alpha value is -0.610. The van der Waals surface area contributed by atoms with Crippen LogP contribution in [0, 0.1) is 0 Å². The van der Waals surface area contributed by atoms with Gasteiger partial charge in [0.2, 0.25) is 5.91 Å². The van der Waals surface area contributed by atoms with Crippen molar-refractivity contribution >= 4 is 5.91 Å². The lowest BCUT2D eigenvalue weighted by Crippen LogP contribution is -2.45. The summed E-state index contributed by atoms with van der Waals surface area (Å²) >= 11 is 0. The molecule has 0 aromatic carbocycles. The number of hydrogen-bond acceptors (Lipinski definition) is 3. The molecular weight excluding hydrogens is 202 g/mol. The third kappa shape index (κ3) is 4.94. The molecule has 4 nitrogen and oxygen atoms in total. The number of rotatable bonds is 6. The number of likely N-dealkylation sites (tertiary alicyclic amines) is 1. The summed E-state index contributed by atoms with van der Waals surface area (Å²) in [6.45, 7) is 5.98. The summed E-state index contributed by atoms with van der Waals surface area (Å²) in [7, 11) is 1.70. The van der Waals surface area contributed by atoms with Crippen LogP contribution >= 0.6 is 0 Å². The third-order valence-electron chi connectivity index (χ3n) is 3.20. The molecule has 1 amide bonds. The zero-order valence-corrected chi connectivity index (χ0v) is 10.6. The summed E-state index contributed by atoms with van der Waals surface area (Å²) in [5.74, 6) is 0.123. The molecule has 1 aliphatic heterocycles. The molecule has 1 aliphatic rings. The quantitative estimate of drug-likeness (QED) is 0.653. The van der Waals surface area contributed by atoms with Crippen molar-refractivity contribution in [2.75, 3.05) is 33.2 Å². The van der Waals surface area contributed by atoms with E-state index in [2.05, 4.69) is 22.5 Å². The molecule has 1 fully saturated rings. The summed E-state index contributed by atoms with van der Waals surface area (Å²) < 4.78 is 0. The lowest BCUT2D eigenvalue weighted by molar-refractivity contribution is -0.122. The van der Waals surface area contributed by atoms with E-state index in [1.54, 1.807) is 7.05 Å². The van der Waals surface area contributed by atoms with Gasteiger partial charge in [0.25, 0.3) is 0 Å². The summed E-state index contributed by atoms with van der Waals surface area (Å²) in [6, 6.07) is 0.660. The minimum absolute atomic E-state index is 0.123. The van der Waals surface area contributed by atoms with Crippen LogP contribution in [0.5, 0.6) is 0 Å². The smallest absolute Gasteiger partial charge is 0.233 e. The van der Waals surface area contributed by atoms with E-state index in [0.29, 0.717) is 12.6 Å². The second-order valence-electron chi connectivity index (χ2n) is 4.53. The van der Waals surface area contributed by atoms with E-state index in [1.165, 1.54) is 25.7 Å². The van der Waals surface area contributed by atoms with Gasteiger partial charge in [0.05, 0.1) is 6.54 Å². The van der Waals surface area contributed by atoms with E-state index in [0.717, 1.165) is 19.6 Å². The standard InChI is InChI=1S/C12H25N3O/c1-3-4-7-14-11-5-8-15(9-6-11)10-12(16)13-2/h11,14H,3-10H2,1-2H3,(H,13,16). The normalized spacial score (nSPS) is 18.6. The maximum absolute atomic E-state index is 11.2. The van der Waals surface area contributed by atoms with Crippen LogP contribution in [-0.4, -0.2) is 50.1 Å². The highest BCUT2D eigenvalue weighted by atomic mass is 16.1. The first-order valence-electron chi connectivity index (χ1n) is 6.42. The van der Waals surface area contributed by atoms with Crippen molar-refractivity contribution in [2.45, 2.75) is 38.6 Å². The molecule has 94 valence electrons. The molecule has 0 aromatic rings. The molecule has 0 unspecified atom stereocenters. The van der Waals surface area contributed by atoms with Crippen LogP contribution in [0.15, 0.2) is 0 Å². The Morgan fingerprint density at radius 2 is 2.06 bits per heavy atom. The van der Waals surface area contributed by atoms with Gasteiger partial charge in [-0.2, -0.15) is 0 Å². The predicted molar refractivity (Wildman–Crippen MR) is 66.4 cm³/mol. The second-order valence-corrected chi connectivity index (χ2v) is 4.53. The van der Waals surface area contributed by atoms with Gasteiger partial charge < -0.3 is 10.6 Å². The number of likely N-dealkylation sites (N-methyl/N-ethyl adjacent to an activating group) is 1. The number of unbranched alkanes of at least 4 members (excludes halogenated alkanes) is 1. The second kappa shape index (κ2) is 7.63. The molecular formula is C12H25N3O. The summed E-state index contributed by atoms with van der Waals surface area (Å²) in [5.41, 5.74) is 0. The van der Waals surface area contributed by atoms with Gasteiger partial charge in [-0.25, -0.2) is 0 Å². The summed E-state index contributed by atoms with van der Waals surface area (Å²) in [5, 5.41) is 6.25. The first kappa shape index (κ1) is 13.5. The van der Waals surface area contributed by atoms with Gasteiger partial charge in [0.15, 0.2) is 0 Å². The van der Waals surface area contributed by atoms with Gasteiger partial charge >= 0.3 is 0 Å². The van der Waals surface area contributed by atoms with Gasteiger partial charge in [-0.15, -0.1) is 0 Å². The maximum atomic E-state index is 11.2. The monoisotopic (exact) mass is 227 g/mol. The molecule has 0 spiro atoms. The Bertz CT molecular complexity index is 200. The van der Waals surface area contributed by atoms with Gasteiger partial charge in [0, 0.05) is 26.2 Å². The minimum atomic E-state index is 0.123. The molecule has 16 heavy (non-hydrogen) atoms. The Kier molecular flexibility index (Phi) is 6.42. The predicted octanol–water partition coefficient (Wildman–Crippen LogP) is 0.587. The van der Waals surface area contributed by atoms with E-state index in [9.17, 15) is 4.79 Å². The van der Waals surface area contributed by atoms with E-state index < -0.39 is 0 Å². The Labute approximate surface area is 98.8 Å².